The molecule has 0 bridgehead atoms. The molecule has 0 aromatic heterocycles. The average molecular weight is 503 g/mol. The van der Waals surface area contributed by atoms with E-state index in [0.29, 0.717) is 31.7 Å². The highest BCUT2D eigenvalue weighted by atomic mass is 32.2. The molecule has 5 heteroatoms. The van der Waals surface area contributed by atoms with Gasteiger partial charge in [-0.05, 0) is 30.0 Å². The summed E-state index contributed by atoms with van der Waals surface area (Å²) in [7, 11) is 0. The SMILES string of the molecule is CCCCNC(=O)C(Cc1ccccc1)N(Cc1ccc(C)cc1)C(=O)CCSCc1ccccc1. The Bertz CT molecular complexity index is 1050. The highest BCUT2D eigenvalue weighted by Crippen LogP contribution is 2.19. The van der Waals surface area contributed by atoms with Crippen molar-refractivity contribution in [2.75, 3.05) is 12.3 Å². The largest absolute Gasteiger partial charge is 0.354 e. The van der Waals surface area contributed by atoms with Gasteiger partial charge in [0.1, 0.15) is 6.04 Å². The maximum absolute atomic E-state index is 13.6. The minimum absolute atomic E-state index is 0.0164. The van der Waals surface area contributed by atoms with Crippen molar-refractivity contribution in [2.45, 2.75) is 57.9 Å². The second kappa shape index (κ2) is 15.1. The van der Waals surface area contributed by atoms with Gasteiger partial charge in [0, 0.05) is 37.4 Å². The third-order valence-corrected chi connectivity index (χ3v) is 7.18. The molecule has 3 aromatic rings. The number of rotatable bonds is 14. The van der Waals surface area contributed by atoms with E-state index in [0.717, 1.165) is 29.7 Å². The van der Waals surface area contributed by atoms with Crippen LogP contribution in [0.1, 0.15) is 48.4 Å². The predicted octanol–water partition coefficient (Wildman–Crippen LogP) is 6.17. The topological polar surface area (TPSA) is 49.4 Å². The van der Waals surface area contributed by atoms with Crippen LogP contribution >= 0.6 is 11.8 Å². The predicted molar refractivity (Wildman–Crippen MR) is 151 cm³/mol. The highest BCUT2D eigenvalue weighted by Gasteiger charge is 2.30. The van der Waals surface area contributed by atoms with Gasteiger partial charge in [-0.1, -0.05) is 104 Å². The molecule has 3 rings (SSSR count). The summed E-state index contributed by atoms with van der Waals surface area (Å²) in [4.78, 5) is 28.8. The van der Waals surface area contributed by atoms with E-state index in [1.165, 1.54) is 11.1 Å². The van der Waals surface area contributed by atoms with E-state index in [1.807, 2.05) is 60.7 Å². The number of nitrogens with zero attached hydrogens (tertiary/aromatic N) is 1. The van der Waals surface area contributed by atoms with Crippen LogP contribution in [0.15, 0.2) is 84.9 Å². The van der Waals surface area contributed by atoms with E-state index in [9.17, 15) is 9.59 Å². The third kappa shape index (κ3) is 9.19. The van der Waals surface area contributed by atoms with Crippen LogP contribution < -0.4 is 5.32 Å². The van der Waals surface area contributed by atoms with Crippen molar-refractivity contribution in [1.82, 2.24) is 10.2 Å². The van der Waals surface area contributed by atoms with Crippen molar-refractivity contribution in [3.05, 3.63) is 107 Å². The van der Waals surface area contributed by atoms with Crippen LogP contribution in [0.4, 0.5) is 0 Å². The summed E-state index contributed by atoms with van der Waals surface area (Å²) in [6.07, 6.45) is 2.82. The standard InChI is InChI=1S/C31H38N2O2S/c1-3-4-20-32-31(35)29(22-26-11-7-5-8-12-26)33(23-27-17-15-25(2)16-18-27)30(34)19-21-36-24-28-13-9-6-10-14-28/h5-18,29H,3-4,19-24H2,1-2H3,(H,32,35). The minimum Gasteiger partial charge on any atom is -0.354 e. The maximum Gasteiger partial charge on any atom is 0.243 e. The first-order valence-corrected chi connectivity index (χ1v) is 14.0. The van der Waals surface area contributed by atoms with Crippen molar-refractivity contribution < 1.29 is 9.59 Å². The van der Waals surface area contributed by atoms with E-state index >= 15 is 0 Å². The molecule has 0 aliphatic heterocycles. The van der Waals surface area contributed by atoms with Gasteiger partial charge in [-0.25, -0.2) is 0 Å². The van der Waals surface area contributed by atoms with E-state index in [4.69, 9.17) is 0 Å². The monoisotopic (exact) mass is 502 g/mol. The number of hydrogen-bond donors (Lipinski definition) is 1. The Kier molecular flexibility index (Phi) is 11.6. The lowest BCUT2D eigenvalue weighted by atomic mass is 10.0. The second-order valence-corrected chi connectivity index (χ2v) is 10.3. The summed E-state index contributed by atoms with van der Waals surface area (Å²) < 4.78 is 0. The fraction of sp³-hybridized carbons (Fsp3) is 0.355. The van der Waals surface area contributed by atoms with Gasteiger partial charge in [0.05, 0.1) is 0 Å². The molecule has 1 atom stereocenters. The third-order valence-electron chi connectivity index (χ3n) is 6.15. The molecule has 4 nitrogen and oxygen atoms in total. The number of carbonyl (C=O) groups is 2. The van der Waals surface area contributed by atoms with Crippen LogP contribution in [0, 0.1) is 6.92 Å². The summed E-state index contributed by atoms with van der Waals surface area (Å²) in [5.74, 6) is 1.53. The van der Waals surface area contributed by atoms with E-state index in [2.05, 4.69) is 43.4 Å². The van der Waals surface area contributed by atoms with E-state index in [1.54, 1.807) is 16.7 Å². The molecule has 190 valence electrons. The first-order valence-electron chi connectivity index (χ1n) is 12.8. The van der Waals surface area contributed by atoms with Gasteiger partial charge in [0.15, 0.2) is 0 Å². The summed E-state index contributed by atoms with van der Waals surface area (Å²) >= 11 is 1.75. The highest BCUT2D eigenvalue weighted by molar-refractivity contribution is 7.98. The molecule has 0 spiro atoms. The molecule has 1 N–H and O–H groups in total. The Morgan fingerprint density at radius 3 is 2.14 bits per heavy atom. The van der Waals surface area contributed by atoms with Gasteiger partial charge < -0.3 is 10.2 Å². The smallest absolute Gasteiger partial charge is 0.243 e. The Morgan fingerprint density at radius 2 is 1.50 bits per heavy atom. The average Bonchev–Trinajstić information content (AvgIpc) is 2.91. The van der Waals surface area contributed by atoms with E-state index < -0.39 is 6.04 Å². The van der Waals surface area contributed by atoms with Crippen molar-refractivity contribution in [3.63, 3.8) is 0 Å². The number of benzene rings is 3. The molecule has 0 heterocycles. The Hall–Kier alpha value is -3.05. The molecule has 3 aromatic carbocycles. The lowest BCUT2D eigenvalue weighted by molar-refractivity contribution is -0.141. The van der Waals surface area contributed by atoms with Gasteiger partial charge in [0.2, 0.25) is 11.8 Å². The van der Waals surface area contributed by atoms with Gasteiger partial charge in [-0.15, -0.1) is 0 Å². The Morgan fingerprint density at radius 1 is 0.861 bits per heavy atom. The first kappa shape index (κ1) is 27.5. The molecule has 2 amide bonds. The fourth-order valence-electron chi connectivity index (χ4n) is 4.02. The zero-order valence-electron chi connectivity index (χ0n) is 21.5. The van der Waals surface area contributed by atoms with Crippen LogP contribution in [0.25, 0.3) is 0 Å². The van der Waals surface area contributed by atoms with Crippen molar-refractivity contribution in [3.8, 4) is 0 Å². The van der Waals surface area contributed by atoms with Crippen LogP contribution in [0.2, 0.25) is 0 Å². The van der Waals surface area contributed by atoms with Crippen LogP contribution in [-0.2, 0) is 28.3 Å². The number of amides is 2. The molecule has 36 heavy (non-hydrogen) atoms. The fourth-order valence-corrected chi connectivity index (χ4v) is 4.91. The number of thioether (sulfide) groups is 1. The van der Waals surface area contributed by atoms with Gasteiger partial charge in [0.25, 0.3) is 0 Å². The van der Waals surface area contributed by atoms with Crippen molar-refractivity contribution in [1.29, 1.82) is 0 Å². The second-order valence-electron chi connectivity index (χ2n) is 9.15. The number of hydrogen-bond acceptors (Lipinski definition) is 3. The zero-order chi connectivity index (χ0) is 25.6. The number of carbonyl (C=O) groups excluding carboxylic acids is 2. The zero-order valence-corrected chi connectivity index (χ0v) is 22.3. The summed E-state index contributed by atoms with van der Waals surface area (Å²) in [6, 6.07) is 27.9. The van der Waals surface area contributed by atoms with Crippen LogP contribution in [0.3, 0.4) is 0 Å². The van der Waals surface area contributed by atoms with Crippen molar-refractivity contribution >= 4 is 23.6 Å². The molecular formula is C31H38N2O2S. The molecule has 0 saturated carbocycles. The molecule has 0 aliphatic carbocycles. The molecule has 0 aliphatic rings. The summed E-state index contributed by atoms with van der Waals surface area (Å²) in [5, 5.41) is 3.08. The molecule has 0 fully saturated rings. The molecule has 0 radical (unpaired) electrons. The van der Waals surface area contributed by atoms with E-state index in [-0.39, 0.29) is 11.8 Å². The molecular weight excluding hydrogens is 464 g/mol. The summed E-state index contributed by atoms with van der Waals surface area (Å²) in [5.41, 5.74) is 4.51. The van der Waals surface area contributed by atoms with Gasteiger partial charge in [-0.3, -0.25) is 9.59 Å². The first-order chi connectivity index (χ1) is 17.6. The quantitative estimate of drug-likeness (QED) is 0.268. The summed E-state index contributed by atoms with van der Waals surface area (Å²) in [6.45, 7) is 5.20. The number of nitrogens with one attached hydrogen (secondary N) is 1. The Balaban J connectivity index is 1.77. The normalized spacial score (nSPS) is 11.6. The minimum atomic E-state index is -0.558. The van der Waals surface area contributed by atoms with Crippen LogP contribution in [0.5, 0.6) is 0 Å². The molecule has 0 saturated heterocycles. The van der Waals surface area contributed by atoms with Crippen LogP contribution in [-0.4, -0.2) is 35.1 Å². The maximum atomic E-state index is 13.6. The van der Waals surface area contributed by atoms with Gasteiger partial charge >= 0.3 is 0 Å². The number of aryl methyl sites for hydroxylation is 1. The van der Waals surface area contributed by atoms with Gasteiger partial charge in [-0.2, -0.15) is 11.8 Å². The number of unbranched alkanes of at least 4 members (excludes halogenated alkanes) is 1. The lowest BCUT2D eigenvalue weighted by Gasteiger charge is -2.31. The van der Waals surface area contributed by atoms with Crippen molar-refractivity contribution in [2.24, 2.45) is 0 Å². The Labute approximate surface area is 220 Å². The lowest BCUT2D eigenvalue weighted by Crippen LogP contribution is -2.50. The molecule has 1 unspecified atom stereocenters.